The van der Waals surface area contributed by atoms with E-state index in [9.17, 15) is 4.79 Å². The van der Waals surface area contributed by atoms with Gasteiger partial charge >= 0.3 is 5.97 Å². The van der Waals surface area contributed by atoms with Gasteiger partial charge in [0.25, 0.3) is 0 Å². The average Bonchev–Trinajstić information content (AvgIpc) is 3.36. The molecule has 0 aromatic heterocycles. The summed E-state index contributed by atoms with van der Waals surface area (Å²) in [6, 6.07) is 3.86. The highest BCUT2D eigenvalue weighted by molar-refractivity contribution is 5.90. The van der Waals surface area contributed by atoms with Gasteiger partial charge in [-0.05, 0) is 43.9 Å². The average molecular weight is 499 g/mol. The fourth-order valence-electron chi connectivity index (χ4n) is 4.96. The predicted molar refractivity (Wildman–Crippen MR) is 135 cm³/mol. The van der Waals surface area contributed by atoms with Crippen molar-refractivity contribution in [2.24, 2.45) is 11.8 Å². The first-order valence-electron chi connectivity index (χ1n) is 12.0. The van der Waals surface area contributed by atoms with Crippen molar-refractivity contribution in [2.75, 3.05) is 35.2 Å². The summed E-state index contributed by atoms with van der Waals surface area (Å²) in [6.07, 6.45) is 1.85. The third-order valence-electron chi connectivity index (χ3n) is 7.23. The Balaban J connectivity index is 2.12. The number of esters is 1. The quantitative estimate of drug-likeness (QED) is 0.382. The zero-order valence-corrected chi connectivity index (χ0v) is 22.1. The maximum atomic E-state index is 13.0. The molecule has 3 atom stereocenters. The fraction of sp³-hybridized carbons (Fsp3) is 0.464. The first kappa shape index (κ1) is 25.5. The monoisotopic (exact) mass is 498 g/mol. The van der Waals surface area contributed by atoms with Crippen molar-refractivity contribution in [1.82, 2.24) is 0 Å². The molecular weight excluding hydrogens is 464 g/mol. The van der Waals surface area contributed by atoms with Gasteiger partial charge in [-0.2, -0.15) is 0 Å². The molecule has 0 N–H and O–H groups in total. The molecular formula is C28H34O8. The molecule has 1 heterocycles. The largest absolute Gasteiger partial charge is 0.493 e. The van der Waals surface area contributed by atoms with Crippen LogP contribution in [0.1, 0.15) is 44.9 Å². The highest BCUT2D eigenvalue weighted by Crippen LogP contribution is 2.58. The lowest BCUT2D eigenvalue weighted by Crippen LogP contribution is -2.27. The second kappa shape index (κ2) is 10.2. The van der Waals surface area contributed by atoms with Gasteiger partial charge in [-0.15, -0.1) is 0 Å². The van der Waals surface area contributed by atoms with Gasteiger partial charge in [-0.25, -0.2) is 4.79 Å². The van der Waals surface area contributed by atoms with E-state index in [4.69, 9.17) is 33.2 Å². The van der Waals surface area contributed by atoms with Crippen LogP contribution in [0, 0.1) is 11.8 Å². The maximum Gasteiger partial charge on any atom is 0.333 e. The summed E-state index contributed by atoms with van der Waals surface area (Å²) in [4.78, 5) is 13.0. The first-order valence-corrected chi connectivity index (χ1v) is 12.0. The zero-order chi connectivity index (χ0) is 26.1. The van der Waals surface area contributed by atoms with Gasteiger partial charge in [0.1, 0.15) is 6.10 Å². The lowest BCUT2D eigenvalue weighted by atomic mass is 9.75. The Kier molecular flexibility index (Phi) is 7.24. The van der Waals surface area contributed by atoms with Gasteiger partial charge in [0.2, 0.25) is 18.3 Å². The van der Waals surface area contributed by atoms with Crippen LogP contribution in [0.25, 0.3) is 11.1 Å². The Morgan fingerprint density at radius 1 is 0.944 bits per heavy atom. The molecule has 0 amide bonds. The molecule has 0 bridgehead atoms. The van der Waals surface area contributed by atoms with Gasteiger partial charge in [0.05, 0.1) is 28.4 Å². The normalized spacial score (nSPS) is 20.4. The minimum absolute atomic E-state index is 0.0327. The summed E-state index contributed by atoms with van der Waals surface area (Å²) in [5.41, 5.74) is 3.78. The molecule has 2 aliphatic rings. The van der Waals surface area contributed by atoms with Gasteiger partial charge < -0.3 is 33.2 Å². The van der Waals surface area contributed by atoms with Gasteiger partial charge in [0.15, 0.2) is 23.0 Å². The Morgan fingerprint density at radius 3 is 2.25 bits per heavy atom. The van der Waals surface area contributed by atoms with Crippen LogP contribution < -0.4 is 28.4 Å². The third-order valence-corrected chi connectivity index (χ3v) is 7.23. The lowest BCUT2D eigenvalue weighted by molar-refractivity contribution is -0.148. The molecule has 0 spiro atoms. The molecule has 2 aromatic rings. The minimum atomic E-state index is -0.577. The highest BCUT2D eigenvalue weighted by Gasteiger charge is 2.40. The molecule has 36 heavy (non-hydrogen) atoms. The van der Waals surface area contributed by atoms with Crippen molar-refractivity contribution < 1.29 is 38.0 Å². The van der Waals surface area contributed by atoms with Crippen LogP contribution >= 0.6 is 0 Å². The molecule has 0 radical (unpaired) electrons. The Morgan fingerprint density at radius 2 is 1.64 bits per heavy atom. The van der Waals surface area contributed by atoms with E-state index in [2.05, 4.69) is 13.8 Å². The molecule has 2 aromatic carbocycles. The second-order valence-electron chi connectivity index (χ2n) is 9.13. The van der Waals surface area contributed by atoms with Crippen LogP contribution in [0.2, 0.25) is 0 Å². The number of rotatable bonds is 6. The van der Waals surface area contributed by atoms with Crippen LogP contribution in [0.3, 0.4) is 0 Å². The molecule has 1 aliphatic carbocycles. The van der Waals surface area contributed by atoms with Crippen LogP contribution in [-0.4, -0.2) is 41.2 Å². The number of benzene rings is 2. The van der Waals surface area contributed by atoms with Gasteiger partial charge in [-0.1, -0.05) is 19.9 Å². The molecule has 8 heteroatoms. The smallest absolute Gasteiger partial charge is 0.333 e. The molecule has 1 aliphatic heterocycles. The number of methoxy groups -OCH3 is 4. The Labute approximate surface area is 212 Å². The summed E-state index contributed by atoms with van der Waals surface area (Å²) in [5, 5.41) is 0. The van der Waals surface area contributed by atoms with E-state index in [1.54, 1.807) is 41.4 Å². The topological polar surface area (TPSA) is 81.7 Å². The number of hydrogen-bond acceptors (Lipinski definition) is 8. The lowest BCUT2D eigenvalue weighted by Gasteiger charge is -2.35. The standard InChI is InChI=1S/C28H34O8/c1-9-14(2)28(29)36-23-16(4)15(3)10-17-11-19(30-5)24(31-6)26(32-7)21(17)22-18(23)12-20-25(27(22)33-8)35-13-34-20/h9,11-12,15-16,23H,10,13H2,1-8H3/b14-9+/t15-,16-,23-/m0/s1. The van der Waals surface area contributed by atoms with E-state index in [0.29, 0.717) is 52.1 Å². The van der Waals surface area contributed by atoms with Crippen molar-refractivity contribution in [3.8, 4) is 45.6 Å². The number of hydrogen-bond donors (Lipinski definition) is 0. The Bertz CT molecular complexity index is 1200. The number of carbonyl (C=O) groups excluding carboxylic acids is 1. The molecule has 0 fully saturated rings. The van der Waals surface area contributed by atoms with E-state index in [1.165, 1.54) is 0 Å². The summed E-state index contributed by atoms with van der Waals surface area (Å²) < 4.78 is 41.0. The molecule has 4 rings (SSSR count). The zero-order valence-electron chi connectivity index (χ0n) is 22.1. The number of carbonyl (C=O) groups is 1. The van der Waals surface area contributed by atoms with Crippen LogP contribution in [-0.2, 0) is 16.0 Å². The van der Waals surface area contributed by atoms with Crippen molar-refractivity contribution in [3.05, 3.63) is 34.9 Å². The Hall–Kier alpha value is -3.55. The second-order valence-corrected chi connectivity index (χ2v) is 9.13. The van der Waals surface area contributed by atoms with Crippen molar-refractivity contribution in [2.45, 2.75) is 40.2 Å². The van der Waals surface area contributed by atoms with Gasteiger partial charge in [-0.3, -0.25) is 0 Å². The molecule has 194 valence electrons. The molecule has 0 unspecified atom stereocenters. The summed E-state index contributed by atoms with van der Waals surface area (Å²) in [7, 11) is 6.35. The number of fused-ring (bicyclic) bond motifs is 4. The van der Waals surface area contributed by atoms with E-state index in [-0.39, 0.29) is 24.6 Å². The summed E-state index contributed by atoms with van der Waals surface area (Å²) in [6.45, 7) is 7.87. The van der Waals surface area contributed by atoms with E-state index in [0.717, 1.165) is 16.7 Å². The van der Waals surface area contributed by atoms with Crippen LogP contribution in [0.15, 0.2) is 23.8 Å². The van der Waals surface area contributed by atoms with Crippen LogP contribution in [0.5, 0.6) is 34.5 Å². The summed E-state index contributed by atoms with van der Waals surface area (Å²) >= 11 is 0. The fourth-order valence-corrected chi connectivity index (χ4v) is 4.96. The molecule has 0 saturated carbocycles. The van der Waals surface area contributed by atoms with Gasteiger partial charge in [0, 0.05) is 28.2 Å². The minimum Gasteiger partial charge on any atom is -0.493 e. The number of allylic oxidation sites excluding steroid dienone is 1. The van der Waals surface area contributed by atoms with E-state index < -0.39 is 6.10 Å². The number of ether oxygens (including phenoxy) is 7. The van der Waals surface area contributed by atoms with Crippen molar-refractivity contribution in [1.29, 1.82) is 0 Å². The third kappa shape index (κ3) is 4.08. The van der Waals surface area contributed by atoms with Crippen molar-refractivity contribution in [3.63, 3.8) is 0 Å². The van der Waals surface area contributed by atoms with Crippen LogP contribution in [0.4, 0.5) is 0 Å². The van der Waals surface area contributed by atoms with E-state index in [1.807, 2.05) is 19.1 Å². The molecule has 8 nitrogen and oxygen atoms in total. The predicted octanol–water partition coefficient (Wildman–Crippen LogP) is 5.50. The first-order chi connectivity index (χ1) is 17.3. The molecule has 0 saturated heterocycles. The van der Waals surface area contributed by atoms with Crippen molar-refractivity contribution >= 4 is 5.97 Å². The SMILES string of the molecule is C/C=C(\C)C(=O)O[C@@H]1c2cc3c(c(OC)c2-c2c(cc(OC)c(OC)c2OC)C[C@H](C)[C@@H]1C)OCO3. The summed E-state index contributed by atoms with van der Waals surface area (Å²) in [5.74, 6) is 2.79. The van der Waals surface area contributed by atoms with E-state index >= 15 is 0 Å². The highest BCUT2D eigenvalue weighted by atomic mass is 16.7. The maximum absolute atomic E-state index is 13.0.